The zero-order chi connectivity index (χ0) is 13.7. The zero-order valence-corrected chi connectivity index (χ0v) is 10.6. The van der Waals surface area contributed by atoms with Crippen LogP contribution in [0.5, 0.6) is 0 Å². The number of hydrogen-bond acceptors (Lipinski definition) is 3. The van der Waals surface area contributed by atoms with Gasteiger partial charge in [-0.3, -0.25) is 9.48 Å². The number of carbonyl (C=O) groups excluding carboxylic acids is 1. The summed E-state index contributed by atoms with van der Waals surface area (Å²) in [4.78, 5) is 22.3. The summed E-state index contributed by atoms with van der Waals surface area (Å²) in [5.74, 6) is -1.19. The average Bonchev–Trinajstić information content (AvgIpc) is 2.63. The lowest BCUT2D eigenvalue weighted by molar-refractivity contribution is -0.132. The molecule has 0 unspecified atom stereocenters. The van der Waals surface area contributed by atoms with Crippen LogP contribution in [0, 0.1) is 6.92 Å². The largest absolute Gasteiger partial charge is 0.478 e. The number of aliphatic carboxylic acids is 1. The van der Waals surface area contributed by atoms with E-state index in [2.05, 4.69) is 17.0 Å². The molecular formula is C12H17N3O3. The predicted octanol–water partition coefficient (Wildman–Crippen LogP) is 0.879. The molecule has 0 aliphatic heterocycles. The number of carbonyl (C=O) groups is 2. The Morgan fingerprint density at radius 2 is 2.22 bits per heavy atom. The first-order chi connectivity index (χ1) is 8.41. The van der Waals surface area contributed by atoms with Crippen molar-refractivity contribution in [1.29, 1.82) is 0 Å². The van der Waals surface area contributed by atoms with Gasteiger partial charge >= 0.3 is 5.97 Å². The van der Waals surface area contributed by atoms with Crippen molar-refractivity contribution >= 4 is 11.9 Å². The number of rotatable bonds is 6. The van der Waals surface area contributed by atoms with Crippen LogP contribution in [0.4, 0.5) is 0 Å². The highest BCUT2D eigenvalue weighted by Gasteiger charge is 2.11. The van der Waals surface area contributed by atoms with Gasteiger partial charge in [-0.1, -0.05) is 6.58 Å². The van der Waals surface area contributed by atoms with E-state index in [-0.39, 0.29) is 11.5 Å². The van der Waals surface area contributed by atoms with Crippen molar-refractivity contribution in [3.05, 3.63) is 29.6 Å². The molecule has 2 N–H and O–H groups in total. The maximum absolute atomic E-state index is 11.8. The first-order valence-electron chi connectivity index (χ1n) is 5.61. The van der Waals surface area contributed by atoms with Crippen molar-refractivity contribution in [3.63, 3.8) is 0 Å². The Hall–Kier alpha value is -2.11. The number of nitrogens with one attached hydrogen (secondary N) is 1. The average molecular weight is 251 g/mol. The van der Waals surface area contributed by atoms with Gasteiger partial charge in [0, 0.05) is 25.4 Å². The van der Waals surface area contributed by atoms with Gasteiger partial charge < -0.3 is 10.4 Å². The van der Waals surface area contributed by atoms with Crippen LogP contribution in [-0.4, -0.2) is 33.3 Å². The topological polar surface area (TPSA) is 84.2 Å². The molecular weight excluding hydrogens is 234 g/mol. The molecule has 0 saturated heterocycles. The van der Waals surface area contributed by atoms with E-state index in [1.807, 2.05) is 0 Å². The van der Waals surface area contributed by atoms with Crippen LogP contribution >= 0.6 is 0 Å². The predicted molar refractivity (Wildman–Crippen MR) is 66.3 cm³/mol. The summed E-state index contributed by atoms with van der Waals surface area (Å²) < 4.78 is 1.58. The maximum Gasteiger partial charge on any atom is 0.330 e. The molecule has 6 heteroatoms. The monoisotopic (exact) mass is 251 g/mol. The number of nitrogens with zero attached hydrogens (tertiary/aromatic N) is 2. The van der Waals surface area contributed by atoms with E-state index in [4.69, 9.17) is 5.11 Å². The van der Waals surface area contributed by atoms with Crippen LogP contribution in [0.2, 0.25) is 0 Å². The fourth-order valence-corrected chi connectivity index (χ4v) is 1.53. The number of aryl methyl sites for hydroxylation is 2. The van der Waals surface area contributed by atoms with Gasteiger partial charge in [-0.05, 0) is 19.8 Å². The number of amides is 1. The summed E-state index contributed by atoms with van der Waals surface area (Å²) in [6.45, 7) is 5.60. The second kappa shape index (κ2) is 6.00. The van der Waals surface area contributed by atoms with Gasteiger partial charge in [-0.2, -0.15) is 5.10 Å². The summed E-state index contributed by atoms with van der Waals surface area (Å²) in [5.41, 5.74) is 1.36. The molecule has 1 aromatic heterocycles. The van der Waals surface area contributed by atoms with E-state index in [0.29, 0.717) is 30.6 Å². The second-order valence-electron chi connectivity index (χ2n) is 4.07. The van der Waals surface area contributed by atoms with Crippen LogP contribution in [0.1, 0.15) is 28.9 Å². The highest BCUT2D eigenvalue weighted by Crippen LogP contribution is 2.05. The van der Waals surface area contributed by atoms with E-state index in [0.717, 1.165) is 0 Å². The molecule has 6 nitrogen and oxygen atoms in total. The highest BCUT2D eigenvalue weighted by molar-refractivity contribution is 5.95. The molecule has 0 fully saturated rings. The van der Waals surface area contributed by atoms with Crippen molar-refractivity contribution in [2.75, 3.05) is 6.54 Å². The third-order valence-electron chi connectivity index (χ3n) is 2.50. The first kappa shape index (κ1) is 14.0. The Morgan fingerprint density at radius 3 is 2.72 bits per heavy atom. The number of hydrogen-bond donors (Lipinski definition) is 2. The number of aromatic nitrogens is 2. The van der Waals surface area contributed by atoms with Crippen LogP contribution in [0.25, 0.3) is 0 Å². The lowest BCUT2D eigenvalue weighted by atomic mass is 10.1. The quantitative estimate of drug-likeness (QED) is 0.580. The van der Waals surface area contributed by atoms with Gasteiger partial charge in [0.05, 0.1) is 11.3 Å². The minimum absolute atomic E-state index is 0.154. The van der Waals surface area contributed by atoms with Gasteiger partial charge in [0.15, 0.2) is 0 Å². The van der Waals surface area contributed by atoms with Gasteiger partial charge in [0.2, 0.25) is 0 Å². The molecule has 0 radical (unpaired) electrons. The molecule has 98 valence electrons. The molecule has 0 aliphatic carbocycles. The van der Waals surface area contributed by atoms with Crippen molar-refractivity contribution in [3.8, 4) is 0 Å². The van der Waals surface area contributed by atoms with Crippen molar-refractivity contribution < 1.29 is 14.7 Å². The molecule has 0 spiro atoms. The molecule has 18 heavy (non-hydrogen) atoms. The molecule has 1 amide bonds. The molecule has 1 rings (SSSR count). The SMILES string of the molecule is C=C(CCCNC(=O)c1cn(C)nc1C)C(=O)O. The lowest BCUT2D eigenvalue weighted by Crippen LogP contribution is -2.25. The summed E-state index contributed by atoms with van der Waals surface area (Å²) in [5, 5.41) is 15.4. The van der Waals surface area contributed by atoms with Gasteiger partial charge in [0.25, 0.3) is 5.91 Å². The Morgan fingerprint density at radius 1 is 1.56 bits per heavy atom. The van der Waals surface area contributed by atoms with Crippen LogP contribution in [0.15, 0.2) is 18.3 Å². The summed E-state index contributed by atoms with van der Waals surface area (Å²) >= 11 is 0. The molecule has 0 aliphatic rings. The van der Waals surface area contributed by atoms with Crippen LogP contribution < -0.4 is 5.32 Å². The maximum atomic E-state index is 11.8. The van der Waals surface area contributed by atoms with Gasteiger partial charge in [-0.15, -0.1) is 0 Å². The molecule has 0 bridgehead atoms. The Labute approximate surface area is 105 Å². The lowest BCUT2D eigenvalue weighted by Gasteiger charge is -2.04. The summed E-state index contributed by atoms with van der Waals surface area (Å²) in [6, 6.07) is 0. The van der Waals surface area contributed by atoms with Crippen molar-refractivity contribution in [2.24, 2.45) is 7.05 Å². The fourth-order valence-electron chi connectivity index (χ4n) is 1.53. The first-order valence-corrected chi connectivity index (χ1v) is 5.61. The standard InChI is InChI=1S/C12H17N3O3/c1-8(12(17)18)5-4-6-13-11(16)10-7-15(3)14-9(10)2/h7H,1,4-6H2,2-3H3,(H,13,16)(H,17,18). The van der Waals surface area contributed by atoms with Crippen molar-refractivity contribution in [1.82, 2.24) is 15.1 Å². The Kier molecular flexibility index (Phi) is 4.65. The molecule has 0 aromatic carbocycles. The summed E-state index contributed by atoms with van der Waals surface area (Å²) in [6.07, 6.45) is 2.57. The van der Waals surface area contributed by atoms with E-state index >= 15 is 0 Å². The fraction of sp³-hybridized carbons (Fsp3) is 0.417. The Balaban J connectivity index is 2.36. The second-order valence-corrected chi connectivity index (χ2v) is 4.07. The van der Waals surface area contributed by atoms with E-state index in [1.54, 1.807) is 24.9 Å². The molecule has 0 saturated carbocycles. The molecule has 1 heterocycles. The number of carboxylic acid groups (broad SMARTS) is 1. The van der Waals surface area contributed by atoms with Gasteiger partial charge in [0.1, 0.15) is 0 Å². The van der Waals surface area contributed by atoms with Gasteiger partial charge in [-0.25, -0.2) is 4.79 Å². The minimum Gasteiger partial charge on any atom is -0.478 e. The normalized spacial score (nSPS) is 10.1. The minimum atomic E-state index is -0.996. The van der Waals surface area contributed by atoms with E-state index < -0.39 is 5.97 Å². The van der Waals surface area contributed by atoms with Crippen LogP contribution in [0.3, 0.4) is 0 Å². The zero-order valence-electron chi connectivity index (χ0n) is 10.6. The third kappa shape index (κ3) is 3.73. The smallest absolute Gasteiger partial charge is 0.330 e. The molecule has 0 atom stereocenters. The van der Waals surface area contributed by atoms with E-state index in [1.165, 1.54) is 0 Å². The van der Waals surface area contributed by atoms with E-state index in [9.17, 15) is 9.59 Å². The number of carboxylic acids is 1. The van der Waals surface area contributed by atoms with Crippen molar-refractivity contribution in [2.45, 2.75) is 19.8 Å². The summed E-state index contributed by atoms with van der Waals surface area (Å²) in [7, 11) is 1.75. The molecule has 1 aromatic rings. The van der Waals surface area contributed by atoms with Crippen LogP contribution in [-0.2, 0) is 11.8 Å². The highest BCUT2D eigenvalue weighted by atomic mass is 16.4. The Bertz CT molecular complexity index is 477. The third-order valence-corrected chi connectivity index (χ3v) is 2.50.